The molecule has 49 heavy (non-hydrogen) atoms. The van der Waals surface area contributed by atoms with Gasteiger partial charge in [0.25, 0.3) is 5.91 Å². The van der Waals surface area contributed by atoms with Crippen molar-refractivity contribution < 1.29 is 74.1 Å². The molecule has 22 heteroatoms. The van der Waals surface area contributed by atoms with Gasteiger partial charge in [0, 0.05) is 25.7 Å². The van der Waals surface area contributed by atoms with Crippen LogP contribution < -0.4 is 39.7 Å². The first-order chi connectivity index (χ1) is 23.2. The lowest BCUT2D eigenvalue weighted by atomic mass is 9.83. The number of nitrogens with one attached hydrogen (secondary N) is 1. The number of nitrogens with two attached hydrogens (primary N) is 6. The Bertz CT molecular complexity index is 1060. The Hall–Kier alpha value is -1.33. The highest BCUT2D eigenvalue weighted by Gasteiger charge is 2.54. The molecule has 4 rings (SSSR count). The normalized spacial score (nSPS) is 47.5. The van der Waals surface area contributed by atoms with E-state index in [1.807, 2.05) is 0 Å². The summed E-state index contributed by atoms with van der Waals surface area (Å²) in [5, 5.41) is 86.2. The molecule has 0 radical (unpaired) electrons. The van der Waals surface area contributed by atoms with Crippen LogP contribution in [-0.4, -0.2) is 195 Å². The smallest absolute Gasteiger partial charge is 0.251 e. The molecule has 0 aromatic carbocycles. The molecule has 3 saturated heterocycles. The van der Waals surface area contributed by atoms with E-state index in [0.29, 0.717) is 0 Å². The first-order valence-electron chi connectivity index (χ1n) is 16.1. The Labute approximate surface area is 281 Å². The van der Waals surface area contributed by atoms with Gasteiger partial charge in [0.1, 0.15) is 61.0 Å². The SMILES string of the molecule is NC[C@@H](O)C(O)C(=O)N[C@@H]1C[C@H](N)[C@@H](O[C@H]2O[C@H](CN)[C@H](O)C[C@H]2N)[C@H](O[C@@H]2O[C@H](CO)[C@@H](O[C@H]3O[C@@H](CN)[C@@H](O)[C@H](O)[C@H]3N)[C@H]2O)[C@H]1O. The zero-order valence-electron chi connectivity index (χ0n) is 26.7. The molecule has 4 fully saturated rings. The van der Waals surface area contributed by atoms with Crippen molar-refractivity contribution in [1.29, 1.82) is 0 Å². The number of hydrogen-bond acceptors (Lipinski definition) is 21. The predicted molar refractivity (Wildman–Crippen MR) is 162 cm³/mol. The average Bonchev–Trinajstić information content (AvgIpc) is 3.38. The van der Waals surface area contributed by atoms with Gasteiger partial charge in [0.05, 0.1) is 36.9 Å². The number of rotatable bonds is 13. The van der Waals surface area contributed by atoms with Gasteiger partial charge in [0.15, 0.2) is 25.0 Å². The second kappa shape index (κ2) is 17.5. The van der Waals surface area contributed by atoms with E-state index in [4.69, 9.17) is 62.8 Å². The molecule has 3 heterocycles. The van der Waals surface area contributed by atoms with E-state index in [1.54, 1.807) is 0 Å². The molecule has 1 unspecified atom stereocenters. The molecule has 0 aromatic rings. The van der Waals surface area contributed by atoms with E-state index in [2.05, 4.69) is 5.32 Å². The maximum Gasteiger partial charge on any atom is 0.251 e. The Kier molecular flexibility index (Phi) is 14.4. The van der Waals surface area contributed by atoms with Crippen LogP contribution in [-0.2, 0) is 33.2 Å². The molecule has 1 aliphatic carbocycles. The van der Waals surface area contributed by atoms with Crippen molar-refractivity contribution in [3.05, 3.63) is 0 Å². The molecule has 286 valence electrons. The van der Waals surface area contributed by atoms with E-state index < -0.39 is 141 Å². The monoisotopic (exact) mass is 715 g/mol. The maximum atomic E-state index is 12.7. The van der Waals surface area contributed by atoms with Gasteiger partial charge in [-0.1, -0.05) is 0 Å². The second-order valence-corrected chi connectivity index (χ2v) is 12.9. The predicted octanol–water partition coefficient (Wildman–Crippen LogP) is -10.0. The van der Waals surface area contributed by atoms with Crippen LogP contribution >= 0.6 is 0 Å². The van der Waals surface area contributed by atoms with E-state index in [0.717, 1.165) is 0 Å². The molecular weight excluding hydrogens is 662 g/mol. The summed E-state index contributed by atoms with van der Waals surface area (Å²) in [6, 6.07) is -4.42. The Morgan fingerprint density at radius 1 is 0.714 bits per heavy atom. The highest BCUT2D eigenvalue weighted by Crippen LogP contribution is 2.34. The summed E-state index contributed by atoms with van der Waals surface area (Å²) in [6.45, 7) is -1.42. The van der Waals surface area contributed by atoms with Crippen molar-refractivity contribution in [3.8, 4) is 0 Å². The fraction of sp³-hybridized carbons (Fsp3) is 0.963. The van der Waals surface area contributed by atoms with Crippen molar-refractivity contribution in [2.75, 3.05) is 26.2 Å². The van der Waals surface area contributed by atoms with Crippen LogP contribution in [0.4, 0.5) is 0 Å². The Morgan fingerprint density at radius 2 is 1.31 bits per heavy atom. The van der Waals surface area contributed by atoms with Crippen LogP contribution in [0.5, 0.6) is 0 Å². The lowest BCUT2D eigenvalue weighted by Crippen LogP contribution is -2.67. The van der Waals surface area contributed by atoms with Gasteiger partial charge >= 0.3 is 0 Å². The molecule has 22 nitrogen and oxygen atoms in total. The van der Waals surface area contributed by atoms with Gasteiger partial charge < -0.3 is 109 Å². The van der Waals surface area contributed by atoms with Crippen molar-refractivity contribution >= 4 is 5.91 Å². The minimum atomic E-state index is -1.94. The summed E-state index contributed by atoms with van der Waals surface area (Å²) in [5.41, 5.74) is 35.4. The first-order valence-corrected chi connectivity index (χ1v) is 16.1. The van der Waals surface area contributed by atoms with E-state index in [1.165, 1.54) is 0 Å². The molecule has 1 saturated carbocycles. The van der Waals surface area contributed by atoms with Gasteiger partial charge in [-0.3, -0.25) is 4.79 Å². The number of ether oxygens (including phenoxy) is 6. The number of amides is 1. The molecule has 0 spiro atoms. The van der Waals surface area contributed by atoms with Gasteiger partial charge in [-0.2, -0.15) is 0 Å². The summed E-state index contributed by atoms with van der Waals surface area (Å²) < 4.78 is 35.1. The number of aliphatic hydroxyl groups excluding tert-OH is 8. The van der Waals surface area contributed by atoms with Gasteiger partial charge in [-0.05, 0) is 12.8 Å². The van der Waals surface area contributed by atoms with Crippen molar-refractivity contribution in [1.82, 2.24) is 5.32 Å². The fourth-order valence-corrected chi connectivity index (χ4v) is 6.40. The number of aliphatic hydroxyl groups is 8. The van der Waals surface area contributed by atoms with Gasteiger partial charge in [-0.25, -0.2) is 0 Å². The quantitative estimate of drug-likeness (QED) is 0.0841. The zero-order valence-corrected chi connectivity index (χ0v) is 26.7. The van der Waals surface area contributed by atoms with Crippen LogP contribution in [0.3, 0.4) is 0 Å². The Morgan fingerprint density at radius 3 is 1.92 bits per heavy atom. The summed E-state index contributed by atoms with van der Waals surface area (Å²) >= 11 is 0. The molecule has 20 atom stereocenters. The summed E-state index contributed by atoms with van der Waals surface area (Å²) in [7, 11) is 0. The third-order valence-corrected chi connectivity index (χ3v) is 9.38. The van der Waals surface area contributed by atoms with Gasteiger partial charge in [-0.15, -0.1) is 0 Å². The Balaban J connectivity index is 1.56. The number of carbonyl (C=O) groups is 1. The number of carbonyl (C=O) groups excluding carboxylic acids is 1. The summed E-state index contributed by atoms with van der Waals surface area (Å²) in [5.74, 6) is -1.07. The molecule has 3 aliphatic heterocycles. The lowest BCUT2D eigenvalue weighted by molar-refractivity contribution is -0.296. The lowest BCUT2D eigenvalue weighted by Gasteiger charge is -2.47. The zero-order chi connectivity index (χ0) is 36.3. The summed E-state index contributed by atoms with van der Waals surface area (Å²) in [4.78, 5) is 12.7. The molecule has 1 amide bonds. The van der Waals surface area contributed by atoms with E-state index in [-0.39, 0.29) is 25.9 Å². The van der Waals surface area contributed by atoms with Crippen LogP contribution in [0, 0.1) is 0 Å². The topological polar surface area (TPSA) is 402 Å². The second-order valence-electron chi connectivity index (χ2n) is 12.9. The molecule has 21 N–H and O–H groups in total. The van der Waals surface area contributed by atoms with E-state index >= 15 is 0 Å². The average molecular weight is 716 g/mol. The molecule has 4 aliphatic rings. The largest absolute Gasteiger partial charge is 0.394 e. The van der Waals surface area contributed by atoms with E-state index in [9.17, 15) is 45.6 Å². The standard InChI is InChI=1S/C27H53N7O15/c28-3-11(37)17(39)24(43)34-9-1-7(31)21(47-25-8(32)2-10(36)12(4-29)44-25)23(16(9)38)49-27-20(42)22(14(6-35)46-27)48-26-15(33)19(41)18(40)13(5-30)45-26/h7-23,25-27,35-42H,1-6,28-33H2,(H,34,43)/t7-,8+,9+,10+,11+,12+,13-,14+,15+,16-,17?,18+,19+,20+,21+,22+,23+,25+,26+,27-/m0/s1. The van der Waals surface area contributed by atoms with Crippen LogP contribution in [0.1, 0.15) is 12.8 Å². The highest BCUT2D eigenvalue weighted by atomic mass is 16.8. The third kappa shape index (κ3) is 8.83. The van der Waals surface area contributed by atoms with Crippen molar-refractivity contribution in [2.24, 2.45) is 34.4 Å². The molecule has 0 aromatic heterocycles. The molecular formula is C27H53N7O15. The van der Waals surface area contributed by atoms with Crippen LogP contribution in [0.2, 0.25) is 0 Å². The minimum Gasteiger partial charge on any atom is -0.394 e. The maximum absolute atomic E-state index is 12.7. The van der Waals surface area contributed by atoms with Crippen molar-refractivity contribution in [2.45, 2.75) is 135 Å². The van der Waals surface area contributed by atoms with Crippen molar-refractivity contribution in [3.63, 3.8) is 0 Å². The molecule has 0 bridgehead atoms. The third-order valence-electron chi connectivity index (χ3n) is 9.38. The first kappa shape index (κ1) is 40.4. The number of hydrogen-bond donors (Lipinski definition) is 15. The summed E-state index contributed by atoms with van der Waals surface area (Å²) in [6.07, 6.45) is -22.6. The van der Waals surface area contributed by atoms with Crippen LogP contribution in [0.15, 0.2) is 0 Å². The minimum absolute atomic E-state index is 0.0480. The highest BCUT2D eigenvalue weighted by molar-refractivity contribution is 5.81. The van der Waals surface area contributed by atoms with Gasteiger partial charge in [0.2, 0.25) is 0 Å². The van der Waals surface area contributed by atoms with Crippen LogP contribution in [0.25, 0.3) is 0 Å². The fourth-order valence-electron chi connectivity index (χ4n) is 6.40.